The molecule has 9 heteroatoms. The molecule has 0 aromatic rings. The quantitative estimate of drug-likeness (QED) is 0.471. The Morgan fingerprint density at radius 1 is 1.05 bits per heavy atom. The summed E-state index contributed by atoms with van der Waals surface area (Å²) in [5.74, 6) is -1.79. The number of likely N-dealkylation sites (N-methyl/N-ethyl adjacent to an activating group) is 1. The normalized spacial score (nSPS) is 31.2. The molecule has 22 heavy (non-hydrogen) atoms. The van der Waals surface area contributed by atoms with Crippen molar-refractivity contribution in [2.75, 3.05) is 13.7 Å². The highest BCUT2D eigenvalue weighted by molar-refractivity contribution is 5.67. The predicted octanol–water partition coefficient (Wildman–Crippen LogP) is -1.28. The van der Waals surface area contributed by atoms with Crippen LogP contribution in [0.25, 0.3) is 0 Å². The highest BCUT2D eigenvalue weighted by atomic mass is 16.7. The molecule has 5 unspecified atom stereocenters. The Morgan fingerprint density at radius 2 is 1.59 bits per heavy atom. The number of carbonyl (C=O) groups is 3. The van der Waals surface area contributed by atoms with Crippen molar-refractivity contribution in [2.24, 2.45) is 0 Å². The van der Waals surface area contributed by atoms with Crippen LogP contribution >= 0.6 is 0 Å². The molecule has 0 spiro atoms. The fourth-order valence-corrected chi connectivity index (χ4v) is 2.23. The van der Waals surface area contributed by atoms with Crippen molar-refractivity contribution >= 4 is 17.9 Å². The van der Waals surface area contributed by atoms with Gasteiger partial charge < -0.3 is 29.4 Å². The topological polar surface area (TPSA) is 120 Å². The highest BCUT2D eigenvalue weighted by Crippen LogP contribution is 2.25. The molecule has 126 valence electrons. The summed E-state index contributed by atoms with van der Waals surface area (Å²) in [6.45, 7) is 3.34. The summed E-state index contributed by atoms with van der Waals surface area (Å²) < 4.78 is 20.5. The van der Waals surface area contributed by atoms with E-state index in [1.165, 1.54) is 27.8 Å². The first-order valence-electron chi connectivity index (χ1n) is 6.74. The monoisotopic (exact) mass is 319 g/mol. The first kappa shape index (κ1) is 18.3. The van der Waals surface area contributed by atoms with Crippen LogP contribution in [-0.4, -0.2) is 67.3 Å². The average Bonchev–Trinajstić information content (AvgIpc) is 2.39. The summed E-state index contributed by atoms with van der Waals surface area (Å²) in [6, 6.07) is -0.804. The third-order valence-corrected chi connectivity index (χ3v) is 3.05. The van der Waals surface area contributed by atoms with Gasteiger partial charge in [0.05, 0.1) is 6.04 Å². The molecule has 0 aromatic heterocycles. The van der Waals surface area contributed by atoms with Crippen molar-refractivity contribution in [2.45, 2.75) is 51.4 Å². The number of carbonyl (C=O) groups excluding carboxylic acids is 3. The molecule has 1 rings (SSSR count). The van der Waals surface area contributed by atoms with E-state index in [1.807, 2.05) is 0 Å². The number of esters is 3. The lowest BCUT2D eigenvalue weighted by atomic mass is 9.96. The number of ether oxygens (including phenoxy) is 4. The van der Waals surface area contributed by atoms with E-state index in [0.29, 0.717) is 0 Å². The van der Waals surface area contributed by atoms with E-state index in [-0.39, 0.29) is 6.61 Å². The largest absolute Gasteiger partial charge is 0.463 e. The molecule has 1 aliphatic heterocycles. The van der Waals surface area contributed by atoms with Crippen LogP contribution in [0.3, 0.4) is 0 Å². The van der Waals surface area contributed by atoms with Gasteiger partial charge in [0.2, 0.25) is 0 Å². The van der Waals surface area contributed by atoms with Crippen molar-refractivity contribution in [3.05, 3.63) is 0 Å². The molecule has 0 aliphatic carbocycles. The fourth-order valence-electron chi connectivity index (χ4n) is 2.23. The molecule has 9 nitrogen and oxygen atoms in total. The highest BCUT2D eigenvalue weighted by Gasteiger charge is 2.49. The molecule has 0 amide bonds. The Labute approximate surface area is 127 Å². The van der Waals surface area contributed by atoms with E-state index in [4.69, 9.17) is 18.9 Å². The van der Waals surface area contributed by atoms with Gasteiger partial charge in [0.1, 0.15) is 12.7 Å². The van der Waals surface area contributed by atoms with Crippen LogP contribution in [0.4, 0.5) is 0 Å². The lowest BCUT2D eigenvalue weighted by molar-refractivity contribution is -0.264. The minimum Gasteiger partial charge on any atom is -0.463 e. The van der Waals surface area contributed by atoms with Crippen LogP contribution < -0.4 is 5.32 Å². The third-order valence-electron chi connectivity index (χ3n) is 3.05. The van der Waals surface area contributed by atoms with Gasteiger partial charge in [0, 0.05) is 20.8 Å². The summed E-state index contributed by atoms with van der Waals surface area (Å²) in [5, 5.41) is 12.7. The number of aliphatic hydroxyl groups excluding tert-OH is 1. The zero-order chi connectivity index (χ0) is 16.9. The SMILES string of the molecule is CNC1C(O)OC(COC(C)=O)C(OC(C)=O)C1OC(C)=O. The molecule has 0 aromatic carbocycles. The molecule has 1 saturated heterocycles. The van der Waals surface area contributed by atoms with Crippen LogP contribution in [0.5, 0.6) is 0 Å². The van der Waals surface area contributed by atoms with E-state index in [2.05, 4.69) is 5.32 Å². The molecule has 2 N–H and O–H groups in total. The van der Waals surface area contributed by atoms with Crippen molar-refractivity contribution in [1.82, 2.24) is 5.32 Å². The van der Waals surface area contributed by atoms with Gasteiger partial charge in [0.15, 0.2) is 18.5 Å². The molecular weight excluding hydrogens is 298 g/mol. The van der Waals surface area contributed by atoms with E-state index in [1.54, 1.807) is 0 Å². The molecular formula is C13H21NO8. The van der Waals surface area contributed by atoms with Gasteiger partial charge in [-0.05, 0) is 7.05 Å². The summed E-state index contributed by atoms with van der Waals surface area (Å²) in [6.07, 6.45) is -4.31. The van der Waals surface area contributed by atoms with Crippen LogP contribution in [-0.2, 0) is 33.3 Å². The van der Waals surface area contributed by atoms with Gasteiger partial charge in [-0.2, -0.15) is 0 Å². The Morgan fingerprint density at radius 3 is 2.05 bits per heavy atom. The minimum atomic E-state index is -1.33. The number of nitrogens with one attached hydrogen (secondary N) is 1. The third kappa shape index (κ3) is 4.93. The van der Waals surface area contributed by atoms with Crippen molar-refractivity contribution in [3.8, 4) is 0 Å². The number of hydrogen-bond donors (Lipinski definition) is 2. The van der Waals surface area contributed by atoms with Gasteiger partial charge in [-0.15, -0.1) is 0 Å². The molecule has 1 aliphatic rings. The second-order valence-corrected chi connectivity index (χ2v) is 4.83. The van der Waals surface area contributed by atoms with Crippen molar-refractivity contribution in [3.63, 3.8) is 0 Å². The van der Waals surface area contributed by atoms with Crippen LogP contribution in [0.1, 0.15) is 20.8 Å². The molecule has 0 saturated carbocycles. The van der Waals surface area contributed by atoms with Gasteiger partial charge in [-0.25, -0.2) is 0 Å². The lowest BCUT2D eigenvalue weighted by Gasteiger charge is -2.43. The van der Waals surface area contributed by atoms with Crippen molar-refractivity contribution in [1.29, 1.82) is 0 Å². The average molecular weight is 319 g/mol. The standard InChI is InChI=1S/C13H21NO8/c1-6(15)19-5-9-11(20-7(2)16)12(21-8(3)17)10(14-4)13(18)22-9/h9-14,18H,5H2,1-4H3. The fraction of sp³-hybridized carbons (Fsp3) is 0.769. The molecule has 5 atom stereocenters. The summed E-state index contributed by atoms with van der Waals surface area (Å²) >= 11 is 0. The Bertz CT molecular complexity index is 426. The Balaban J connectivity index is 3.01. The Kier molecular flexibility index (Phi) is 6.72. The zero-order valence-corrected chi connectivity index (χ0v) is 12.9. The maximum Gasteiger partial charge on any atom is 0.303 e. The van der Waals surface area contributed by atoms with Gasteiger partial charge in [-0.1, -0.05) is 0 Å². The van der Waals surface area contributed by atoms with Gasteiger partial charge >= 0.3 is 17.9 Å². The zero-order valence-electron chi connectivity index (χ0n) is 12.9. The summed E-state index contributed by atoms with van der Waals surface area (Å²) in [5.41, 5.74) is 0. The van der Waals surface area contributed by atoms with E-state index >= 15 is 0 Å². The first-order chi connectivity index (χ1) is 10.3. The first-order valence-corrected chi connectivity index (χ1v) is 6.74. The number of rotatable bonds is 5. The number of hydrogen-bond acceptors (Lipinski definition) is 9. The van der Waals surface area contributed by atoms with E-state index in [9.17, 15) is 19.5 Å². The summed E-state index contributed by atoms with van der Waals surface area (Å²) in [4.78, 5) is 33.5. The molecule has 1 heterocycles. The van der Waals surface area contributed by atoms with Crippen LogP contribution in [0.15, 0.2) is 0 Å². The van der Waals surface area contributed by atoms with Crippen molar-refractivity contribution < 1.29 is 38.4 Å². The molecule has 1 fully saturated rings. The van der Waals surface area contributed by atoms with E-state index < -0.39 is 48.6 Å². The smallest absolute Gasteiger partial charge is 0.303 e. The number of aliphatic hydroxyl groups is 1. The molecule has 0 radical (unpaired) electrons. The maximum atomic E-state index is 11.3. The predicted molar refractivity (Wildman–Crippen MR) is 71.5 cm³/mol. The van der Waals surface area contributed by atoms with Crippen LogP contribution in [0.2, 0.25) is 0 Å². The second kappa shape index (κ2) is 8.06. The Hall–Kier alpha value is -1.71. The van der Waals surface area contributed by atoms with Crippen LogP contribution in [0, 0.1) is 0 Å². The summed E-state index contributed by atoms with van der Waals surface area (Å²) in [7, 11) is 1.53. The maximum absolute atomic E-state index is 11.3. The molecule has 0 bridgehead atoms. The minimum absolute atomic E-state index is 0.251. The second-order valence-electron chi connectivity index (χ2n) is 4.83. The lowest BCUT2D eigenvalue weighted by Crippen LogP contribution is -2.64. The van der Waals surface area contributed by atoms with Gasteiger partial charge in [0.25, 0.3) is 0 Å². The van der Waals surface area contributed by atoms with E-state index in [0.717, 1.165) is 0 Å². The van der Waals surface area contributed by atoms with Gasteiger partial charge in [-0.3, -0.25) is 14.4 Å².